The van der Waals surface area contributed by atoms with Crippen LogP contribution in [0.1, 0.15) is 12.5 Å². The molecule has 27 heavy (non-hydrogen) atoms. The molecule has 0 aromatic heterocycles. The van der Waals surface area contributed by atoms with E-state index in [2.05, 4.69) is 47.9 Å². The van der Waals surface area contributed by atoms with Crippen molar-refractivity contribution in [3.63, 3.8) is 0 Å². The van der Waals surface area contributed by atoms with E-state index in [-0.39, 0.29) is 5.91 Å². The van der Waals surface area contributed by atoms with Gasteiger partial charge in [-0.15, -0.1) is 0 Å². The summed E-state index contributed by atoms with van der Waals surface area (Å²) in [7, 11) is 0. The maximum atomic E-state index is 12.9. The molecular weight excluding hydrogens is 338 g/mol. The van der Waals surface area contributed by atoms with Gasteiger partial charge >= 0.3 is 0 Å². The fourth-order valence-corrected chi connectivity index (χ4v) is 4.03. The van der Waals surface area contributed by atoms with Crippen LogP contribution in [0.25, 0.3) is 0 Å². The van der Waals surface area contributed by atoms with Gasteiger partial charge in [0, 0.05) is 31.4 Å². The third-order valence-electron chi connectivity index (χ3n) is 5.46. The fourth-order valence-electron chi connectivity index (χ4n) is 4.03. The number of piperazine rings is 1. The Labute approximate surface area is 161 Å². The number of aryl methyl sites for hydroxylation is 1. The van der Waals surface area contributed by atoms with E-state index in [1.807, 2.05) is 29.2 Å². The number of benzene rings is 2. The van der Waals surface area contributed by atoms with E-state index in [1.165, 1.54) is 11.3 Å². The molecule has 5 heteroatoms. The molecule has 0 saturated carbocycles. The van der Waals surface area contributed by atoms with Crippen molar-refractivity contribution in [2.24, 2.45) is 0 Å². The normalized spacial score (nSPS) is 19.5. The third-order valence-corrected chi connectivity index (χ3v) is 5.46. The lowest BCUT2D eigenvalue weighted by Gasteiger charge is -2.42. The first-order valence-electron chi connectivity index (χ1n) is 9.69. The first-order valence-corrected chi connectivity index (χ1v) is 9.69. The summed E-state index contributed by atoms with van der Waals surface area (Å²) >= 11 is 0. The number of hydrogen-bond donors (Lipinski definition) is 0. The Morgan fingerprint density at radius 2 is 1.96 bits per heavy atom. The summed E-state index contributed by atoms with van der Waals surface area (Å²) < 4.78 is 5.70. The molecule has 1 saturated heterocycles. The molecule has 5 nitrogen and oxygen atoms in total. The lowest BCUT2D eigenvalue weighted by atomic mass is 10.1. The zero-order chi connectivity index (χ0) is 18.8. The van der Waals surface area contributed by atoms with Gasteiger partial charge in [0.1, 0.15) is 12.4 Å². The van der Waals surface area contributed by atoms with Crippen molar-refractivity contribution in [2.45, 2.75) is 19.9 Å². The highest BCUT2D eigenvalue weighted by molar-refractivity contribution is 5.82. The van der Waals surface area contributed by atoms with Gasteiger partial charge in [0.2, 0.25) is 5.91 Å². The number of hydrogen-bond acceptors (Lipinski definition) is 4. The molecule has 1 amide bonds. The summed E-state index contributed by atoms with van der Waals surface area (Å²) in [5.74, 6) is 1.07. The molecule has 0 spiro atoms. The number of para-hydroxylation sites is 2. The number of nitrogens with zero attached hydrogens (tertiary/aromatic N) is 3. The van der Waals surface area contributed by atoms with Crippen LogP contribution >= 0.6 is 0 Å². The predicted octanol–water partition coefficient (Wildman–Crippen LogP) is 2.93. The van der Waals surface area contributed by atoms with Gasteiger partial charge in [0.15, 0.2) is 0 Å². The topological polar surface area (TPSA) is 36.0 Å². The van der Waals surface area contributed by atoms with Gasteiger partial charge in [-0.2, -0.15) is 0 Å². The summed E-state index contributed by atoms with van der Waals surface area (Å²) in [5.41, 5.74) is 3.53. The van der Waals surface area contributed by atoms with Crippen molar-refractivity contribution >= 4 is 17.3 Å². The van der Waals surface area contributed by atoms with E-state index in [1.54, 1.807) is 0 Å². The molecule has 2 aliphatic rings. The number of carbonyl (C=O) groups is 1. The lowest BCUT2D eigenvalue weighted by molar-refractivity contribution is -0.130. The number of carbonyl (C=O) groups excluding carboxylic acids is 1. The van der Waals surface area contributed by atoms with Crippen LogP contribution in [0, 0.1) is 6.92 Å². The SMILES string of the molecule is Cc1cccc(N2CCN(C(=O)CN3CCOc4ccccc43)CC2C)c1. The fraction of sp³-hybridized carbons (Fsp3) is 0.409. The molecule has 2 aliphatic heterocycles. The van der Waals surface area contributed by atoms with Crippen LogP contribution in [0.2, 0.25) is 0 Å². The standard InChI is InChI=1S/C22H27N3O2/c1-17-6-5-7-19(14-17)25-11-10-24(15-18(25)2)22(26)16-23-12-13-27-21-9-4-3-8-20(21)23/h3-9,14,18H,10-13,15-16H2,1-2H3. The van der Waals surface area contributed by atoms with Crippen molar-refractivity contribution < 1.29 is 9.53 Å². The highest BCUT2D eigenvalue weighted by atomic mass is 16.5. The number of anilines is 2. The Balaban J connectivity index is 1.40. The molecule has 1 fully saturated rings. The van der Waals surface area contributed by atoms with Crippen molar-refractivity contribution in [1.29, 1.82) is 0 Å². The number of ether oxygens (including phenoxy) is 1. The molecule has 1 atom stereocenters. The Hall–Kier alpha value is -2.69. The lowest BCUT2D eigenvalue weighted by Crippen LogP contribution is -2.55. The van der Waals surface area contributed by atoms with Crippen molar-refractivity contribution in [3.05, 3.63) is 54.1 Å². The number of fused-ring (bicyclic) bond motifs is 1. The van der Waals surface area contributed by atoms with E-state index < -0.39 is 0 Å². The molecule has 142 valence electrons. The van der Waals surface area contributed by atoms with Crippen LogP contribution < -0.4 is 14.5 Å². The summed E-state index contributed by atoms with van der Waals surface area (Å²) in [6, 6.07) is 16.9. The second-order valence-corrected chi connectivity index (χ2v) is 7.46. The van der Waals surface area contributed by atoms with Gasteiger partial charge in [-0.25, -0.2) is 0 Å². The minimum Gasteiger partial charge on any atom is -0.490 e. The van der Waals surface area contributed by atoms with Crippen LogP contribution in [0.3, 0.4) is 0 Å². The highest BCUT2D eigenvalue weighted by Crippen LogP contribution is 2.31. The smallest absolute Gasteiger partial charge is 0.242 e. The van der Waals surface area contributed by atoms with Crippen molar-refractivity contribution in [3.8, 4) is 5.75 Å². The Morgan fingerprint density at radius 3 is 2.78 bits per heavy atom. The van der Waals surface area contributed by atoms with Gasteiger partial charge in [-0.1, -0.05) is 24.3 Å². The van der Waals surface area contributed by atoms with Crippen LogP contribution in [-0.2, 0) is 4.79 Å². The van der Waals surface area contributed by atoms with Gasteiger partial charge in [0.25, 0.3) is 0 Å². The zero-order valence-corrected chi connectivity index (χ0v) is 16.1. The largest absolute Gasteiger partial charge is 0.490 e. The molecule has 2 aromatic rings. The third kappa shape index (κ3) is 3.72. The van der Waals surface area contributed by atoms with Crippen LogP contribution in [-0.4, -0.2) is 56.2 Å². The Kier molecular flexibility index (Phi) is 4.92. The highest BCUT2D eigenvalue weighted by Gasteiger charge is 2.29. The molecule has 4 rings (SSSR count). The molecule has 0 radical (unpaired) electrons. The predicted molar refractivity (Wildman–Crippen MR) is 109 cm³/mol. The molecule has 1 unspecified atom stereocenters. The van der Waals surface area contributed by atoms with E-state index in [4.69, 9.17) is 4.74 Å². The van der Waals surface area contributed by atoms with Crippen molar-refractivity contribution in [1.82, 2.24) is 4.90 Å². The molecular formula is C22H27N3O2. The van der Waals surface area contributed by atoms with E-state index in [0.717, 1.165) is 37.6 Å². The Morgan fingerprint density at radius 1 is 1.11 bits per heavy atom. The second-order valence-electron chi connectivity index (χ2n) is 7.46. The zero-order valence-electron chi connectivity index (χ0n) is 16.1. The average Bonchev–Trinajstić information content (AvgIpc) is 2.68. The van der Waals surface area contributed by atoms with E-state index in [9.17, 15) is 4.79 Å². The Bertz CT molecular complexity index is 823. The molecule has 2 aromatic carbocycles. The van der Waals surface area contributed by atoms with Crippen LogP contribution in [0.15, 0.2) is 48.5 Å². The summed E-state index contributed by atoms with van der Waals surface area (Å²) in [6.07, 6.45) is 0. The second kappa shape index (κ2) is 7.51. The van der Waals surface area contributed by atoms with Gasteiger partial charge in [-0.05, 0) is 43.7 Å². The first-order chi connectivity index (χ1) is 13.1. The van der Waals surface area contributed by atoms with Crippen LogP contribution in [0.5, 0.6) is 5.75 Å². The summed E-state index contributed by atoms with van der Waals surface area (Å²) in [6.45, 7) is 8.51. The van der Waals surface area contributed by atoms with Gasteiger partial charge in [0.05, 0.1) is 18.8 Å². The number of amides is 1. The van der Waals surface area contributed by atoms with Crippen LogP contribution in [0.4, 0.5) is 11.4 Å². The summed E-state index contributed by atoms with van der Waals surface area (Å²) in [5, 5.41) is 0. The first kappa shape index (κ1) is 17.7. The number of rotatable bonds is 3. The maximum Gasteiger partial charge on any atom is 0.242 e. The molecule has 0 bridgehead atoms. The van der Waals surface area contributed by atoms with E-state index >= 15 is 0 Å². The minimum absolute atomic E-state index is 0.197. The summed E-state index contributed by atoms with van der Waals surface area (Å²) in [4.78, 5) is 19.5. The molecule has 2 heterocycles. The average molecular weight is 365 g/mol. The minimum atomic E-state index is 0.197. The quantitative estimate of drug-likeness (QED) is 0.838. The van der Waals surface area contributed by atoms with Gasteiger partial charge < -0.3 is 19.4 Å². The maximum absolute atomic E-state index is 12.9. The molecule has 0 N–H and O–H groups in total. The monoisotopic (exact) mass is 365 g/mol. The van der Waals surface area contributed by atoms with E-state index in [0.29, 0.717) is 19.2 Å². The van der Waals surface area contributed by atoms with Crippen molar-refractivity contribution in [2.75, 3.05) is 49.1 Å². The molecule has 0 aliphatic carbocycles. The van der Waals surface area contributed by atoms with Gasteiger partial charge in [-0.3, -0.25) is 4.79 Å².